The van der Waals surface area contributed by atoms with Gasteiger partial charge in [-0.25, -0.2) is 0 Å². The second kappa shape index (κ2) is 4.44. The van der Waals surface area contributed by atoms with Crippen LogP contribution in [-0.4, -0.2) is 5.78 Å². The van der Waals surface area contributed by atoms with Crippen molar-refractivity contribution >= 4 is 5.78 Å². The van der Waals surface area contributed by atoms with Crippen LogP contribution in [0.25, 0.3) is 0 Å². The molecule has 4 fully saturated rings. The number of benzene rings is 1. The second-order valence-corrected chi connectivity index (χ2v) is 8.64. The average Bonchev–Trinajstić information content (AvgIpc) is 2.38. The lowest BCUT2D eigenvalue weighted by Gasteiger charge is -2.60. The predicted octanol–water partition coefficient (Wildman–Crippen LogP) is 4.71. The van der Waals surface area contributed by atoms with E-state index in [1.807, 2.05) is 0 Å². The van der Waals surface area contributed by atoms with Gasteiger partial charge < -0.3 is 0 Å². The summed E-state index contributed by atoms with van der Waals surface area (Å²) in [6.07, 6.45) is 8.34. The third kappa shape index (κ3) is 2.25. The molecule has 1 aromatic carbocycles. The van der Waals surface area contributed by atoms with Gasteiger partial charge in [0, 0.05) is 11.8 Å². The molecule has 0 aromatic heterocycles. The minimum Gasteiger partial charge on any atom is -0.299 e. The molecule has 0 radical (unpaired) electrons. The molecule has 21 heavy (non-hydrogen) atoms. The van der Waals surface area contributed by atoms with Crippen molar-refractivity contribution in [2.45, 2.75) is 58.8 Å². The van der Waals surface area contributed by atoms with Crippen molar-refractivity contribution in [2.75, 3.05) is 0 Å². The van der Waals surface area contributed by atoms with E-state index in [1.165, 1.54) is 43.2 Å². The van der Waals surface area contributed by atoms with Gasteiger partial charge >= 0.3 is 0 Å². The molecule has 112 valence electrons. The molecule has 0 amide bonds. The van der Waals surface area contributed by atoms with Crippen LogP contribution in [0.3, 0.4) is 0 Å². The van der Waals surface area contributed by atoms with Crippen LogP contribution in [0.2, 0.25) is 0 Å². The van der Waals surface area contributed by atoms with E-state index in [0.717, 1.165) is 18.3 Å². The van der Waals surface area contributed by atoms with Gasteiger partial charge in [-0.1, -0.05) is 36.8 Å². The van der Waals surface area contributed by atoms with Gasteiger partial charge in [-0.2, -0.15) is 0 Å². The van der Waals surface area contributed by atoms with Gasteiger partial charge in [0.1, 0.15) is 5.78 Å². The quantitative estimate of drug-likeness (QED) is 0.784. The van der Waals surface area contributed by atoms with E-state index in [-0.39, 0.29) is 5.41 Å². The summed E-state index contributed by atoms with van der Waals surface area (Å²) in [4.78, 5) is 13.1. The molecule has 1 heteroatoms. The summed E-state index contributed by atoms with van der Waals surface area (Å²) >= 11 is 0. The molecule has 4 bridgehead atoms. The van der Waals surface area contributed by atoms with E-state index in [1.54, 1.807) is 0 Å². The molecule has 0 N–H and O–H groups in total. The van der Waals surface area contributed by atoms with E-state index in [4.69, 9.17) is 0 Å². The minimum absolute atomic E-state index is 0.0315. The Balaban J connectivity index is 1.57. The number of hydrogen-bond acceptors (Lipinski definition) is 1. The molecule has 1 nitrogen and oxygen atoms in total. The van der Waals surface area contributed by atoms with Crippen molar-refractivity contribution < 1.29 is 4.79 Å². The van der Waals surface area contributed by atoms with Crippen molar-refractivity contribution in [3.63, 3.8) is 0 Å². The lowest BCUT2D eigenvalue weighted by Crippen LogP contribution is -2.54. The topological polar surface area (TPSA) is 17.1 Å². The van der Waals surface area contributed by atoms with Crippen LogP contribution in [0.4, 0.5) is 0 Å². The van der Waals surface area contributed by atoms with Crippen molar-refractivity contribution in [3.05, 3.63) is 35.4 Å². The molecule has 4 aliphatic carbocycles. The van der Waals surface area contributed by atoms with Gasteiger partial charge in [0.25, 0.3) is 0 Å². The zero-order valence-corrected chi connectivity index (χ0v) is 13.3. The number of rotatable bonds is 3. The lowest BCUT2D eigenvalue weighted by atomic mass is 9.43. The first-order valence-corrected chi connectivity index (χ1v) is 8.55. The van der Waals surface area contributed by atoms with Crippen LogP contribution in [0.5, 0.6) is 0 Å². The zero-order chi connectivity index (χ0) is 14.7. The Morgan fingerprint density at radius 1 is 1.10 bits per heavy atom. The van der Waals surface area contributed by atoms with Gasteiger partial charge in [0.2, 0.25) is 0 Å². The van der Waals surface area contributed by atoms with Crippen LogP contribution >= 0.6 is 0 Å². The molecular weight excluding hydrogens is 256 g/mol. The normalized spacial score (nSPS) is 40.5. The molecule has 2 atom stereocenters. The SMILES string of the molecule is Cc1ccc(CC(=O)C23CC4CC(CC(C)(C4)C2)C3)cc1. The zero-order valence-electron chi connectivity index (χ0n) is 13.3. The molecule has 0 aliphatic heterocycles. The van der Waals surface area contributed by atoms with Crippen molar-refractivity contribution in [2.24, 2.45) is 22.7 Å². The van der Waals surface area contributed by atoms with E-state index < -0.39 is 0 Å². The van der Waals surface area contributed by atoms with Crippen molar-refractivity contribution in [1.82, 2.24) is 0 Å². The highest BCUT2D eigenvalue weighted by Gasteiger charge is 2.58. The molecular formula is C20H26O. The second-order valence-electron chi connectivity index (χ2n) is 8.64. The maximum Gasteiger partial charge on any atom is 0.143 e. The van der Waals surface area contributed by atoms with E-state index >= 15 is 0 Å². The largest absolute Gasteiger partial charge is 0.299 e. The first kappa shape index (κ1) is 13.5. The standard InChI is InChI=1S/C20H26O/c1-14-3-5-15(6-4-14)8-18(21)20-11-16-7-17(12-20)10-19(2,9-16)13-20/h3-6,16-17H,7-13H2,1-2H3. The molecule has 4 saturated carbocycles. The number of aryl methyl sites for hydroxylation is 1. The molecule has 0 saturated heterocycles. The Bertz CT molecular complexity index is 554. The Kier molecular flexibility index (Phi) is 2.87. The number of Topliss-reactive ketones (excluding diaryl/α,β-unsaturated/α-hetero) is 1. The summed E-state index contributed by atoms with van der Waals surface area (Å²) in [5.41, 5.74) is 2.97. The van der Waals surface area contributed by atoms with Gasteiger partial charge in [0.05, 0.1) is 0 Å². The summed E-state index contributed by atoms with van der Waals surface area (Å²) in [5.74, 6) is 2.20. The molecule has 0 spiro atoms. The number of ketones is 1. The Labute approximate surface area is 128 Å². The Hall–Kier alpha value is -1.11. The average molecular weight is 282 g/mol. The fourth-order valence-electron chi connectivity index (χ4n) is 6.13. The van der Waals surface area contributed by atoms with E-state index in [0.29, 0.717) is 17.6 Å². The van der Waals surface area contributed by atoms with Crippen molar-refractivity contribution in [1.29, 1.82) is 0 Å². The van der Waals surface area contributed by atoms with Gasteiger partial charge in [-0.3, -0.25) is 4.79 Å². The summed E-state index contributed by atoms with van der Waals surface area (Å²) < 4.78 is 0. The lowest BCUT2D eigenvalue weighted by molar-refractivity contribution is -0.152. The van der Waals surface area contributed by atoms with Crippen LogP contribution in [-0.2, 0) is 11.2 Å². The third-order valence-corrected chi connectivity index (χ3v) is 6.43. The summed E-state index contributed by atoms with van der Waals surface area (Å²) in [6, 6.07) is 8.53. The fourth-order valence-corrected chi connectivity index (χ4v) is 6.13. The highest BCUT2D eigenvalue weighted by atomic mass is 16.1. The van der Waals surface area contributed by atoms with Crippen LogP contribution in [0.1, 0.15) is 56.6 Å². The smallest absolute Gasteiger partial charge is 0.143 e. The molecule has 0 heterocycles. The number of carbonyl (C=O) groups is 1. The number of hydrogen-bond donors (Lipinski definition) is 0. The summed E-state index contributed by atoms with van der Waals surface area (Å²) in [7, 11) is 0. The van der Waals surface area contributed by atoms with Crippen LogP contribution < -0.4 is 0 Å². The molecule has 5 rings (SSSR count). The monoisotopic (exact) mass is 282 g/mol. The maximum atomic E-state index is 13.1. The Morgan fingerprint density at radius 2 is 1.71 bits per heavy atom. The highest BCUT2D eigenvalue weighted by molar-refractivity contribution is 5.87. The fraction of sp³-hybridized carbons (Fsp3) is 0.650. The predicted molar refractivity (Wildman–Crippen MR) is 85.1 cm³/mol. The molecule has 2 unspecified atom stereocenters. The van der Waals surface area contributed by atoms with E-state index in [9.17, 15) is 4.79 Å². The van der Waals surface area contributed by atoms with Crippen LogP contribution in [0.15, 0.2) is 24.3 Å². The number of carbonyl (C=O) groups excluding carboxylic acids is 1. The minimum atomic E-state index is 0.0315. The summed E-state index contributed by atoms with van der Waals surface area (Å²) in [6.45, 7) is 4.55. The maximum absolute atomic E-state index is 13.1. The Morgan fingerprint density at radius 3 is 2.29 bits per heavy atom. The third-order valence-electron chi connectivity index (χ3n) is 6.43. The van der Waals surface area contributed by atoms with Gasteiger partial charge in [-0.05, 0) is 68.3 Å². The van der Waals surface area contributed by atoms with Gasteiger partial charge in [-0.15, -0.1) is 0 Å². The van der Waals surface area contributed by atoms with E-state index in [2.05, 4.69) is 38.1 Å². The summed E-state index contributed by atoms with van der Waals surface area (Å²) in [5, 5.41) is 0. The molecule has 4 aliphatic rings. The van der Waals surface area contributed by atoms with Crippen LogP contribution in [0, 0.1) is 29.6 Å². The first-order valence-electron chi connectivity index (χ1n) is 8.55. The highest BCUT2D eigenvalue weighted by Crippen LogP contribution is 2.65. The van der Waals surface area contributed by atoms with Crippen molar-refractivity contribution in [3.8, 4) is 0 Å². The molecule has 1 aromatic rings. The first-order chi connectivity index (χ1) is 9.96. The van der Waals surface area contributed by atoms with Gasteiger partial charge in [0.15, 0.2) is 0 Å².